The highest BCUT2D eigenvalue weighted by atomic mass is 35.5. The van der Waals surface area contributed by atoms with E-state index in [1.165, 1.54) is 5.56 Å². The molecule has 126 valence electrons. The van der Waals surface area contributed by atoms with E-state index in [2.05, 4.69) is 24.6 Å². The van der Waals surface area contributed by atoms with Crippen molar-refractivity contribution in [3.05, 3.63) is 64.7 Å². The number of ether oxygens (including phenoxy) is 2. The summed E-state index contributed by atoms with van der Waals surface area (Å²) in [6.45, 7) is 10.6. The van der Waals surface area contributed by atoms with Gasteiger partial charge in [-0.15, -0.1) is 0 Å². The van der Waals surface area contributed by atoms with Crippen LogP contribution in [0.2, 0.25) is 5.02 Å². The number of hydrogen-bond donors (Lipinski definition) is 0. The molecule has 0 unspecified atom stereocenters. The summed E-state index contributed by atoms with van der Waals surface area (Å²) in [5.41, 5.74) is 4.14. The lowest BCUT2D eigenvalue weighted by molar-refractivity contribution is 0.297. The zero-order valence-electron chi connectivity index (χ0n) is 14.3. The average Bonchev–Trinajstić information content (AvgIpc) is 2.53. The number of hydrogen-bond acceptors (Lipinski definition) is 3. The molecule has 0 N–H and O–H groups in total. The molecular weight excluding hydrogens is 322 g/mol. The van der Waals surface area contributed by atoms with Gasteiger partial charge >= 0.3 is 0 Å². The van der Waals surface area contributed by atoms with Crippen molar-refractivity contribution in [2.24, 2.45) is 4.99 Å². The van der Waals surface area contributed by atoms with Crippen LogP contribution in [-0.2, 0) is 0 Å². The second-order valence-corrected chi connectivity index (χ2v) is 5.82. The largest absolute Gasteiger partial charge is 0.490 e. The normalized spacial score (nSPS) is 10.8. The SMILES string of the molecule is C=CCOc1c(Cl)cc(C=Nc2ccc(C)cc2C)cc1OCC. The van der Waals surface area contributed by atoms with Crippen molar-refractivity contribution in [1.82, 2.24) is 0 Å². The Balaban J connectivity index is 2.33. The number of aryl methyl sites for hydroxylation is 2. The molecule has 0 atom stereocenters. The first-order valence-electron chi connectivity index (χ1n) is 7.86. The highest BCUT2D eigenvalue weighted by Gasteiger charge is 2.11. The lowest BCUT2D eigenvalue weighted by atomic mass is 10.1. The molecule has 0 bridgehead atoms. The summed E-state index contributed by atoms with van der Waals surface area (Å²) in [6, 6.07) is 9.85. The first-order valence-corrected chi connectivity index (χ1v) is 8.24. The highest BCUT2D eigenvalue weighted by Crippen LogP contribution is 2.36. The van der Waals surface area contributed by atoms with Crippen LogP contribution in [0.25, 0.3) is 0 Å². The maximum Gasteiger partial charge on any atom is 0.180 e. The van der Waals surface area contributed by atoms with Gasteiger partial charge in [-0.2, -0.15) is 0 Å². The van der Waals surface area contributed by atoms with E-state index in [-0.39, 0.29) is 0 Å². The van der Waals surface area contributed by atoms with E-state index in [4.69, 9.17) is 21.1 Å². The molecule has 2 aromatic rings. The standard InChI is InChI=1S/C20H22ClNO2/c1-5-9-24-20-17(21)11-16(12-19(20)23-6-2)13-22-18-8-7-14(3)10-15(18)4/h5,7-8,10-13H,1,6,9H2,2-4H3. The Morgan fingerprint density at radius 3 is 2.62 bits per heavy atom. The molecule has 3 nitrogen and oxygen atoms in total. The topological polar surface area (TPSA) is 30.8 Å². The molecule has 0 fully saturated rings. The van der Waals surface area contributed by atoms with Crippen molar-refractivity contribution in [2.45, 2.75) is 20.8 Å². The van der Waals surface area contributed by atoms with E-state index in [1.807, 2.05) is 38.1 Å². The zero-order valence-corrected chi connectivity index (χ0v) is 15.1. The third kappa shape index (κ3) is 4.62. The Bertz CT molecular complexity index is 754. The van der Waals surface area contributed by atoms with Crippen LogP contribution < -0.4 is 9.47 Å². The molecule has 0 aliphatic rings. The van der Waals surface area contributed by atoms with Gasteiger partial charge in [0.05, 0.1) is 17.3 Å². The van der Waals surface area contributed by atoms with Gasteiger partial charge in [0.2, 0.25) is 0 Å². The second kappa shape index (κ2) is 8.55. The van der Waals surface area contributed by atoms with Crippen LogP contribution in [-0.4, -0.2) is 19.4 Å². The van der Waals surface area contributed by atoms with E-state index >= 15 is 0 Å². The fraction of sp³-hybridized carbons (Fsp3) is 0.250. The second-order valence-electron chi connectivity index (χ2n) is 5.41. The molecule has 2 rings (SSSR count). The van der Waals surface area contributed by atoms with E-state index in [1.54, 1.807) is 12.3 Å². The van der Waals surface area contributed by atoms with Gasteiger partial charge in [0.1, 0.15) is 6.61 Å². The number of halogens is 1. The van der Waals surface area contributed by atoms with Gasteiger partial charge in [-0.3, -0.25) is 4.99 Å². The molecule has 0 aromatic heterocycles. The van der Waals surface area contributed by atoms with Crippen LogP contribution in [0.5, 0.6) is 11.5 Å². The predicted octanol–water partition coefficient (Wildman–Crippen LogP) is 5.67. The maximum absolute atomic E-state index is 6.34. The zero-order chi connectivity index (χ0) is 17.5. The number of aliphatic imine (C=N–C) groups is 1. The number of benzene rings is 2. The van der Waals surface area contributed by atoms with Gasteiger partial charge in [-0.25, -0.2) is 0 Å². The van der Waals surface area contributed by atoms with Crippen molar-refractivity contribution < 1.29 is 9.47 Å². The van der Waals surface area contributed by atoms with E-state index in [0.717, 1.165) is 16.8 Å². The van der Waals surface area contributed by atoms with Gasteiger partial charge < -0.3 is 9.47 Å². The van der Waals surface area contributed by atoms with Crippen LogP contribution in [0.3, 0.4) is 0 Å². The van der Waals surface area contributed by atoms with Gasteiger partial charge in [-0.1, -0.05) is 42.0 Å². The van der Waals surface area contributed by atoms with Gasteiger partial charge in [-0.05, 0) is 50.1 Å². The molecular formula is C20H22ClNO2. The van der Waals surface area contributed by atoms with Gasteiger partial charge in [0, 0.05) is 6.21 Å². The molecule has 0 saturated heterocycles. The van der Waals surface area contributed by atoms with E-state index in [9.17, 15) is 0 Å². The quantitative estimate of drug-likeness (QED) is 0.479. The minimum absolute atomic E-state index is 0.371. The fourth-order valence-electron chi connectivity index (χ4n) is 2.30. The number of rotatable bonds is 7. The van der Waals surface area contributed by atoms with E-state index < -0.39 is 0 Å². The van der Waals surface area contributed by atoms with E-state index in [0.29, 0.717) is 29.7 Å². The summed E-state index contributed by atoms with van der Waals surface area (Å²) in [7, 11) is 0. The molecule has 24 heavy (non-hydrogen) atoms. The molecule has 0 aliphatic carbocycles. The molecule has 2 aromatic carbocycles. The fourth-order valence-corrected chi connectivity index (χ4v) is 2.58. The van der Waals surface area contributed by atoms with Crippen LogP contribution in [0.15, 0.2) is 48.0 Å². The Morgan fingerprint density at radius 2 is 1.96 bits per heavy atom. The van der Waals surface area contributed by atoms with Crippen molar-refractivity contribution in [2.75, 3.05) is 13.2 Å². The molecule has 0 saturated carbocycles. The smallest absolute Gasteiger partial charge is 0.180 e. The summed E-state index contributed by atoms with van der Waals surface area (Å²) in [5.74, 6) is 1.14. The highest BCUT2D eigenvalue weighted by molar-refractivity contribution is 6.32. The average molecular weight is 344 g/mol. The Labute approximate surface area is 148 Å². The summed E-state index contributed by atoms with van der Waals surface area (Å²) in [6.07, 6.45) is 3.45. The van der Waals surface area contributed by atoms with Crippen molar-refractivity contribution in [3.8, 4) is 11.5 Å². The lowest BCUT2D eigenvalue weighted by Crippen LogP contribution is -2.00. The Hall–Kier alpha value is -2.26. The first kappa shape index (κ1) is 18.1. The van der Waals surface area contributed by atoms with Crippen LogP contribution in [0, 0.1) is 13.8 Å². The van der Waals surface area contributed by atoms with Gasteiger partial charge in [0.25, 0.3) is 0 Å². The van der Waals surface area contributed by atoms with Crippen LogP contribution >= 0.6 is 11.6 Å². The van der Waals surface area contributed by atoms with Crippen molar-refractivity contribution in [1.29, 1.82) is 0 Å². The van der Waals surface area contributed by atoms with Crippen molar-refractivity contribution in [3.63, 3.8) is 0 Å². The lowest BCUT2D eigenvalue weighted by Gasteiger charge is -2.13. The third-order valence-corrected chi connectivity index (χ3v) is 3.66. The summed E-state index contributed by atoms with van der Waals surface area (Å²) in [4.78, 5) is 4.56. The molecule has 0 aliphatic heterocycles. The molecule has 0 amide bonds. The molecule has 0 heterocycles. The predicted molar refractivity (Wildman–Crippen MR) is 101 cm³/mol. The first-order chi connectivity index (χ1) is 11.5. The van der Waals surface area contributed by atoms with Gasteiger partial charge in [0.15, 0.2) is 11.5 Å². The Morgan fingerprint density at radius 1 is 1.17 bits per heavy atom. The third-order valence-electron chi connectivity index (χ3n) is 3.38. The summed E-state index contributed by atoms with van der Waals surface area (Å²) < 4.78 is 11.2. The minimum atomic E-state index is 0.371. The minimum Gasteiger partial charge on any atom is -0.490 e. The summed E-state index contributed by atoms with van der Waals surface area (Å²) >= 11 is 6.34. The summed E-state index contributed by atoms with van der Waals surface area (Å²) in [5, 5.41) is 0.491. The van der Waals surface area contributed by atoms with Crippen molar-refractivity contribution >= 4 is 23.5 Å². The molecule has 0 radical (unpaired) electrons. The Kier molecular flexibility index (Phi) is 6.44. The van der Waals surface area contributed by atoms with Crippen LogP contribution in [0.4, 0.5) is 5.69 Å². The maximum atomic E-state index is 6.34. The van der Waals surface area contributed by atoms with Crippen LogP contribution in [0.1, 0.15) is 23.6 Å². The molecule has 0 spiro atoms. The molecule has 4 heteroatoms. The number of nitrogens with zero attached hydrogens (tertiary/aromatic N) is 1. The monoisotopic (exact) mass is 343 g/mol.